The van der Waals surface area contributed by atoms with E-state index in [0.717, 1.165) is 0 Å². The molecule has 1 aromatic carbocycles. The van der Waals surface area contributed by atoms with Crippen LogP contribution in [0, 0.1) is 23.3 Å². The van der Waals surface area contributed by atoms with Crippen LogP contribution in [0.2, 0.25) is 0 Å². The minimum Gasteiger partial charge on any atom is -0.320 e. The summed E-state index contributed by atoms with van der Waals surface area (Å²) < 4.78 is 51.5. The van der Waals surface area contributed by atoms with Crippen LogP contribution in [0.3, 0.4) is 0 Å². The fourth-order valence-electron chi connectivity index (χ4n) is 0.906. The van der Waals surface area contributed by atoms with Gasteiger partial charge in [-0.25, -0.2) is 17.6 Å². The first kappa shape index (κ1) is 12.8. The van der Waals surface area contributed by atoms with Crippen molar-refractivity contribution < 1.29 is 22.4 Å². The van der Waals surface area contributed by atoms with Crippen LogP contribution in [-0.4, -0.2) is 11.3 Å². The minimum absolute atomic E-state index is 0.0461. The molecule has 0 unspecified atom stereocenters. The lowest BCUT2D eigenvalue weighted by Gasteiger charge is -2.09. The summed E-state index contributed by atoms with van der Waals surface area (Å²) in [6.45, 7) is 1.24. The van der Waals surface area contributed by atoms with Crippen molar-refractivity contribution in [1.82, 2.24) is 0 Å². The van der Waals surface area contributed by atoms with Crippen LogP contribution in [0.5, 0.6) is 0 Å². The van der Waals surface area contributed by atoms with E-state index in [0.29, 0.717) is 0 Å². The molecule has 16 heavy (non-hydrogen) atoms. The highest BCUT2D eigenvalue weighted by Crippen LogP contribution is 2.24. The summed E-state index contributed by atoms with van der Waals surface area (Å²) in [5.41, 5.74) is -1.19. The Morgan fingerprint density at radius 1 is 1.25 bits per heavy atom. The highest BCUT2D eigenvalue weighted by Gasteiger charge is 2.22. The second kappa shape index (κ2) is 4.69. The van der Waals surface area contributed by atoms with Crippen molar-refractivity contribution in [3.63, 3.8) is 0 Å². The predicted molar refractivity (Wildman–Crippen MR) is 50.2 cm³/mol. The normalized spacial score (nSPS) is 12.4. The molecule has 88 valence electrons. The highest BCUT2D eigenvalue weighted by molar-refractivity contribution is 6.32. The molecule has 0 saturated heterocycles. The Bertz CT molecular complexity index is 410. The van der Waals surface area contributed by atoms with Crippen molar-refractivity contribution in [3.8, 4) is 0 Å². The summed E-state index contributed by atoms with van der Waals surface area (Å²) in [5.74, 6) is -7.52. The SMILES string of the molecule is C[C@@H](Cl)C(=O)Nc1c(F)c(F)cc(F)c1F. The number of benzene rings is 1. The third-order valence-electron chi connectivity index (χ3n) is 1.72. The van der Waals surface area contributed by atoms with Gasteiger partial charge in [0.25, 0.3) is 0 Å². The topological polar surface area (TPSA) is 29.1 Å². The van der Waals surface area contributed by atoms with Gasteiger partial charge in [-0.1, -0.05) is 0 Å². The maximum Gasteiger partial charge on any atom is 0.242 e. The summed E-state index contributed by atoms with van der Waals surface area (Å²) in [5, 5.41) is 0.566. The lowest BCUT2D eigenvalue weighted by molar-refractivity contribution is -0.115. The molecular formula is C9H6ClF4NO. The van der Waals surface area contributed by atoms with Crippen LogP contribution in [0.4, 0.5) is 23.2 Å². The van der Waals surface area contributed by atoms with Gasteiger partial charge in [0, 0.05) is 6.07 Å². The van der Waals surface area contributed by atoms with Crippen molar-refractivity contribution in [2.24, 2.45) is 0 Å². The van der Waals surface area contributed by atoms with E-state index in [1.165, 1.54) is 6.92 Å². The third kappa shape index (κ3) is 2.44. The van der Waals surface area contributed by atoms with Gasteiger partial charge in [0.15, 0.2) is 23.3 Å². The van der Waals surface area contributed by atoms with Gasteiger partial charge < -0.3 is 5.32 Å². The first-order valence-corrected chi connectivity index (χ1v) is 4.56. The number of alkyl halides is 1. The second-order valence-electron chi connectivity index (χ2n) is 2.95. The molecule has 1 aromatic rings. The summed E-state index contributed by atoms with van der Waals surface area (Å²) in [6, 6.07) is 0.0461. The summed E-state index contributed by atoms with van der Waals surface area (Å²) in [6.07, 6.45) is 0. The quantitative estimate of drug-likeness (QED) is 0.491. The van der Waals surface area contributed by atoms with Crippen molar-refractivity contribution in [2.75, 3.05) is 5.32 Å². The third-order valence-corrected chi connectivity index (χ3v) is 1.92. The van der Waals surface area contributed by atoms with Crippen molar-refractivity contribution in [2.45, 2.75) is 12.3 Å². The molecule has 1 N–H and O–H groups in total. The maximum atomic E-state index is 13.0. The molecule has 0 saturated carbocycles. The van der Waals surface area contributed by atoms with Crippen LogP contribution in [0.1, 0.15) is 6.92 Å². The van der Waals surface area contributed by atoms with Gasteiger partial charge >= 0.3 is 0 Å². The van der Waals surface area contributed by atoms with E-state index in [1.54, 1.807) is 5.32 Å². The molecule has 0 heterocycles. The highest BCUT2D eigenvalue weighted by atomic mass is 35.5. The van der Waals surface area contributed by atoms with Crippen LogP contribution in [-0.2, 0) is 4.79 Å². The molecule has 0 aromatic heterocycles. The van der Waals surface area contributed by atoms with Crippen molar-refractivity contribution in [1.29, 1.82) is 0 Å². The van der Waals surface area contributed by atoms with E-state index in [9.17, 15) is 22.4 Å². The number of hydrogen-bond acceptors (Lipinski definition) is 1. The zero-order valence-corrected chi connectivity index (χ0v) is 8.71. The van der Waals surface area contributed by atoms with Gasteiger partial charge in [-0.05, 0) is 6.92 Å². The van der Waals surface area contributed by atoms with Gasteiger partial charge in [0.05, 0.1) is 0 Å². The average Bonchev–Trinajstić information content (AvgIpc) is 2.21. The van der Waals surface area contributed by atoms with Crippen LogP contribution in [0.15, 0.2) is 6.07 Å². The smallest absolute Gasteiger partial charge is 0.242 e. The Labute approximate surface area is 93.2 Å². The van der Waals surface area contributed by atoms with Crippen LogP contribution >= 0.6 is 11.6 Å². The Morgan fingerprint density at radius 3 is 2.06 bits per heavy atom. The predicted octanol–water partition coefficient (Wildman–Crippen LogP) is 2.81. The molecule has 0 aliphatic rings. The van der Waals surface area contributed by atoms with E-state index >= 15 is 0 Å². The molecule has 1 amide bonds. The number of carbonyl (C=O) groups is 1. The Kier molecular flexibility index (Phi) is 3.74. The van der Waals surface area contributed by atoms with Crippen molar-refractivity contribution in [3.05, 3.63) is 29.3 Å². The molecule has 1 rings (SSSR count). The number of rotatable bonds is 2. The summed E-state index contributed by atoms with van der Waals surface area (Å²) >= 11 is 5.32. The monoisotopic (exact) mass is 255 g/mol. The lowest BCUT2D eigenvalue weighted by atomic mass is 10.2. The first-order valence-electron chi connectivity index (χ1n) is 4.12. The zero-order valence-electron chi connectivity index (χ0n) is 7.95. The fourth-order valence-corrected chi connectivity index (χ4v) is 0.960. The number of hydrogen-bond donors (Lipinski definition) is 1. The Morgan fingerprint density at radius 2 is 1.69 bits per heavy atom. The zero-order chi connectivity index (χ0) is 12.5. The number of carbonyl (C=O) groups excluding carboxylic acids is 1. The van der Waals surface area contributed by atoms with E-state index in [4.69, 9.17) is 11.6 Å². The van der Waals surface area contributed by atoms with Crippen LogP contribution in [0.25, 0.3) is 0 Å². The standard InChI is InChI=1S/C9H6ClF4NO/c1-3(10)9(16)15-8-6(13)4(11)2-5(12)7(8)14/h2-3H,1H3,(H,15,16)/t3-/m1/s1. The largest absolute Gasteiger partial charge is 0.320 e. The molecule has 7 heteroatoms. The number of nitrogens with one attached hydrogen (secondary N) is 1. The number of anilines is 1. The summed E-state index contributed by atoms with van der Waals surface area (Å²) in [7, 11) is 0. The Hall–Kier alpha value is -1.30. The van der Waals surface area contributed by atoms with Crippen LogP contribution < -0.4 is 5.32 Å². The average molecular weight is 256 g/mol. The van der Waals surface area contributed by atoms with Gasteiger partial charge in [-0.2, -0.15) is 0 Å². The molecular weight excluding hydrogens is 250 g/mol. The van der Waals surface area contributed by atoms with Gasteiger partial charge in [-0.15, -0.1) is 11.6 Å². The molecule has 0 spiro atoms. The number of amides is 1. The van der Waals surface area contributed by atoms with E-state index in [2.05, 4.69) is 0 Å². The van der Waals surface area contributed by atoms with E-state index < -0.39 is 40.2 Å². The molecule has 0 aliphatic carbocycles. The van der Waals surface area contributed by atoms with E-state index in [1.807, 2.05) is 0 Å². The maximum absolute atomic E-state index is 13.0. The van der Waals surface area contributed by atoms with Gasteiger partial charge in [0.2, 0.25) is 5.91 Å². The second-order valence-corrected chi connectivity index (χ2v) is 3.60. The molecule has 0 bridgehead atoms. The van der Waals surface area contributed by atoms with Gasteiger partial charge in [-0.3, -0.25) is 4.79 Å². The van der Waals surface area contributed by atoms with E-state index in [-0.39, 0.29) is 6.07 Å². The molecule has 1 atom stereocenters. The minimum atomic E-state index is -1.68. The molecule has 2 nitrogen and oxygen atoms in total. The fraction of sp³-hybridized carbons (Fsp3) is 0.222. The van der Waals surface area contributed by atoms with Crippen molar-refractivity contribution >= 4 is 23.2 Å². The summed E-state index contributed by atoms with van der Waals surface area (Å²) in [4.78, 5) is 11.0. The lowest BCUT2D eigenvalue weighted by Crippen LogP contribution is -2.22. The molecule has 0 aliphatic heterocycles. The number of halogens is 5. The molecule has 0 radical (unpaired) electrons. The van der Waals surface area contributed by atoms with Gasteiger partial charge in [0.1, 0.15) is 11.1 Å². The first-order chi connectivity index (χ1) is 7.34. The molecule has 0 fully saturated rings. The Balaban J connectivity index is 3.18.